The van der Waals surface area contributed by atoms with Crippen molar-refractivity contribution in [2.24, 2.45) is 0 Å². The zero-order valence-electron chi connectivity index (χ0n) is 10.5. The molecule has 0 atom stereocenters. The molecule has 2 rings (SSSR count). The second-order valence-corrected chi connectivity index (χ2v) is 6.00. The number of nitrogen functional groups attached to an aromatic ring is 1. The molecule has 11 heteroatoms. The van der Waals surface area contributed by atoms with Crippen molar-refractivity contribution in [1.82, 2.24) is 15.0 Å². The number of rotatable bonds is 3. The maximum Gasteiger partial charge on any atom is 0.296 e. The van der Waals surface area contributed by atoms with Gasteiger partial charge in [0, 0.05) is 12.7 Å². The van der Waals surface area contributed by atoms with E-state index < -0.39 is 10.1 Å². The quantitative estimate of drug-likeness (QED) is 0.634. The minimum Gasteiger partial charge on any atom is -0.398 e. The van der Waals surface area contributed by atoms with Crippen LogP contribution in [-0.2, 0) is 10.1 Å². The first-order chi connectivity index (χ1) is 9.68. The number of aromatic nitrogens is 3. The summed E-state index contributed by atoms with van der Waals surface area (Å²) < 4.78 is 31.2. The van der Waals surface area contributed by atoms with Gasteiger partial charge in [0.2, 0.25) is 16.5 Å². The second kappa shape index (κ2) is 5.60. The van der Waals surface area contributed by atoms with E-state index in [1.54, 1.807) is 7.05 Å². The van der Waals surface area contributed by atoms with Gasteiger partial charge in [0.25, 0.3) is 10.1 Å². The van der Waals surface area contributed by atoms with Crippen LogP contribution < -0.4 is 10.6 Å². The van der Waals surface area contributed by atoms with E-state index in [1.807, 2.05) is 0 Å². The Bertz CT molecular complexity index is 779. The standard InChI is InChI=1S/C10H9Cl2N5O3S/c1-17(10-15-8(11)14-9(12)16-10)5-2-3-7(6(13)4-5)21(18,19)20/h2-4H,13H2,1H3,(H,18,19,20). The van der Waals surface area contributed by atoms with Crippen LogP contribution in [0.2, 0.25) is 10.6 Å². The first kappa shape index (κ1) is 15.7. The van der Waals surface area contributed by atoms with Crippen LogP contribution in [0.1, 0.15) is 0 Å². The number of benzene rings is 1. The van der Waals surface area contributed by atoms with Crippen LogP contribution in [0.15, 0.2) is 23.1 Å². The van der Waals surface area contributed by atoms with E-state index in [2.05, 4.69) is 15.0 Å². The molecule has 0 spiro atoms. The Hall–Kier alpha value is -1.68. The van der Waals surface area contributed by atoms with Crippen molar-refractivity contribution in [3.05, 3.63) is 28.8 Å². The maximum atomic E-state index is 11.1. The van der Waals surface area contributed by atoms with Gasteiger partial charge in [0.1, 0.15) is 4.90 Å². The predicted octanol–water partition coefficient (Wildman–Crippen LogP) is 1.78. The summed E-state index contributed by atoms with van der Waals surface area (Å²) in [5, 5.41) is -0.168. The average molecular weight is 350 g/mol. The summed E-state index contributed by atoms with van der Waals surface area (Å²) in [6.07, 6.45) is 0. The Balaban J connectivity index is 2.45. The maximum absolute atomic E-state index is 11.1. The fraction of sp³-hybridized carbons (Fsp3) is 0.100. The molecule has 21 heavy (non-hydrogen) atoms. The Kier molecular flexibility index (Phi) is 4.19. The van der Waals surface area contributed by atoms with Crippen molar-refractivity contribution in [2.75, 3.05) is 17.7 Å². The van der Waals surface area contributed by atoms with Crippen molar-refractivity contribution in [3.63, 3.8) is 0 Å². The molecule has 2 aromatic rings. The molecule has 0 aliphatic rings. The highest BCUT2D eigenvalue weighted by Gasteiger charge is 2.16. The Morgan fingerprint density at radius 1 is 1.19 bits per heavy atom. The lowest BCUT2D eigenvalue weighted by molar-refractivity contribution is 0.483. The number of nitrogens with two attached hydrogens (primary N) is 1. The Morgan fingerprint density at radius 3 is 2.24 bits per heavy atom. The van der Waals surface area contributed by atoms with Crippen molar-refractivity contribution in [3.8, 4) is 0 Å². The summed E-state index contributed by atoms with van der Waals surface area (Å²) in [7, 11) is -2.78. The van der Waals surface area contributed by atoms with E-state index in [0.29, 0.717) is 5.69 Å². The van der Waals surface area contributed by atoms with Crippen LogP contribution >= 0.6 is 23.2 Å². The molecule has 112 valence electrons. The van der Waals surface area contributed by atoms with Gasteiger partial charge in [-0.05, 0) is 41.4 Å². The number of hydrogen-bond donors (Lipinski definition) is 2. The molecule has 0 saturated carbocycles. The van der Waals surface area contributed by atoms with Gasteiger partial charge < -0.3 is 10.6 Å². The molecule has 0 amide bonds. The van der Waals surface area contributed by atoms with Crippen LogP contribution in [0.4, 0.5) is 17.3 Å². The molecule has 8 nitrogen and oxygen atoms in total. The van der Waals surface area contributed by atoms with Gasteiger partial charge in [-0.2, -0.15) is 23.4 Å². The molecular weight excluding hydrogens is 341 g/mol. The molecule has 0 radical (unpaired) electrons. The second-order valence-electron chi connectivity index (χ2n) is 3.93. The van der Waals surface area contributed by atoms with Gasteiger partial charge in [0.15, 0.2) is 0 Å². The fourth-order valence-electron chi connectivity index (χ4n) is 1.56. The van der Waals surface area contributed by atoms with Crippen LogP contribution in [0.3, 0.4) is 0 Å². The fourth-order valence-corrected chi connectivity index (χ4v) is 2.51. The molecule has 1 aromatic heterocycles. The van der Waals surface area contributed by atoms with E-state index >= 15 is 0 Å². The predicted molar refractivity (Wildman–Crippen MR) is 78.6 cm³/mol. The number of hydrogen-bond acceptors (Lipinski definition) is 7. The first-order valence-electron chi connectivity index (χ1n) is 5.36. The van der Waals surface area contributed by atoms with E-state index in [-0.39, 0.29) is 27.1 Å². The topological polar surface area (TPSA) is 122 Å². The summed E-state index contributed by atoms with van der Waals surface area (Å²) >= 11 is 11.4. The monoisotopic (exact) mass is 349 g/mol. The van der Waals surface area contributed by atoms with Gasteiger partial charge in [-0.1, -0.05) is 0 Å². The van der Waals surface area contributed by atoms with Crippen molar-refractivity contribution >= 4 is 50.6 Å². The zero-order valence-corrected chi connectivity index (χ0v) is 12.9. The summed E-state index contributed by atoms with van der Waals surface area (Å²) in [6.45, 7) is 0. The summed E-state index contributed by atoms with van der Waals surface area (Å²) in [6, 6.07) is 3.93. The van der Waals surface area contributed by atoms with Crippen molar-refractivity contribution < 1.29 is 13.0 Å². The molecular formula is C10H9Cl2N5O3S. The van der Waals surface area contributed by atoms with Crippen molar-refractivity contribution in [2.45, 2.75) is 4.90 Å². The van der Waals surface area contributed by atoms with Gasteiger partial charge in [-0.15, -0.1) is 0 Å². The van der Waals surface area contributed by atoms with Gasteiger partial charge in [0.05, 0.1) is 5.69 Å². The lowest BCUT2D eigenvalue weighted by atomic mass is 10.2. The van der Waals surface area contributed by atoms with Crippen LogP contribution in [0.5, 0.6) is 0 Å². The van der Waals surface area contributed by atoms with E-state index in [4.69, 9.17) is 33.5 Å². The lowest BCUT2D eigenvalue weighted by Gasteiger charge is -2.18. The Labute approximate surface area is 130 Å². The minimum atomic E-state index is -4.38. The molecule has 3 N–H and O–H groups in total. The summed E-state index contributed by atoms with van der Waals surface area (Å²) in [4.78, 5) is 12.5. The molecule has 0 bridgehead atoms. The zero-order chi connectivity index (χ0) is 15.8. The third-order valence-electron chi connectivity index (χ3n) is 2.53. The van der Waals surface area contributed by atoms with Crippen LogP contribution in [0, 0.1) is 0 Å². The van der Waals surface area contributed by atoms with E-state index in [0.717, 1.165) is 0 Å². The highest BCUT2D eigenvalue weighted by Crippen LogP contribution is 2.27. The number of nitrogens with zero attached hydrogens (tertiary/aromatic N) is 4. The normalized spacial score (nSPS) is 11.4. The lowest BCUT2D eigenvalue weighted by Crippen LogP contribution is -2.14. The SMILES string of the molecule is CN(c1ccc(S(=O)(=O)O)c(N)c1)c1nc(Cl)nc(Cl)n1. The third-order valence-corrected chi connectivity index (χ3v) is 3.79. The van der Waals surface area contributed by atoms with Crippen LogP contribution in [0.25, 0.3) is 0 Å². The van der Waals surface area contributed by atoms with Gasteiger partial charge >= 0.3 is 0 Å². The largest absolute Gasteiger partial charge is 0.398 e. The van der Waals surface area contributed by atoms with E-state index in [9.17, 15) is 8.42 Å². The highest BCUT2D eigenvalue weighted by atomic mass is 35.5. The number of halogens is 2. The molecule has 0 aliphatic heterocycles. The average Bonchev–Trinajstić information content (AvgIpc) is 2.35. The van der Waals surface area contributed by atoms with Crippen LogP contribution in [-0.4, -0.2) is 35.0 Å². The Morgan fingerprint density at radius 2 is 1.76 bits per heavy atom. The third kappa shape index (κ3) is 3.50. The highest BCUT2D eigenvalue weighted by molar-refractivity contribution is 7.86. The summed E-state index contributed by atoms with van der Waals surface area (Å²) in [5.41, 5.74) is 5.97. The summed E-state index contributed by atoms with van der Waals surface area (Å²) in [5.74, 6) is 0.152. The first-order valence-corrected chi connectivity index (χ1v) is 7.56. The number of anilines is 3. The molecule has 0 saturated heterocycles. The van der Waals surface area contributed by atoms with Gasteiger partial charge in [-0.3, -0.25) is 4.55 Å². The van der Waals surface area contributed by atoms with Crippen molar-refractivity contribution in [1.29, 1.82) is 0 Å². The molecule has 1 aromatic carbocycles. The molecule has 0 unspecified atom stereocenters. The smallest absolute Gasteiger partial charge is 0.296 e. The minimum absolute atomic E-state index is 0.0839. The van der Waals surface area contributed by atoms with Gasteiger partial charge in [-0.25, -0.2) is 0 Å². The van der Waals surface area contributed by atoms with E-state index in [1.165, 1.54) is 23.1 Å². The molecule has 0 fully saturated rings. The molecule has 1 heterocycles. The molecule has 0 aliphatic carbocycles.